The van der Waals surface area contributed by atoms with Gasteiger partial charge < -0.3 is 0 Å². The molecular weight excluding hydrogens is 548 g/mol. The fourth-order valence-electron chi connectivity index (χ4n) is 2.70. The summed E-state index contributed by atoms with van der Waals surface area (Å²) in [5, 5.41) is 0. The molecule has 4 aromatic rings. The van der Waals surface area contributed by atoms with E-state index in [1.807, 2.05) is 12.1 Å². The van der Waals surface area contributed by atoms with Crippen molar-refractivity contribution in [2.75, 3.05) is 0 Å². The first-order valence-electron chi connectivity index (χ1n) is 9.91. The van der Waals surface area contributed by atoms with Crippen molar-refractivity contribution >= 4 is 43.7 Å². The Balaban J connectivity index is 0.000000215. The molecule has 33 heavy (non-hydrogen) atoms. The number of hydroxylamine groups is 2. The van der Waals surface area contributed by atoms with E-state index in [1.54, 1.807) is 48.5 Å². The van der Waals surface area contributed by atoms with Gasteiger partial charge in [0, 0.05) is 20.1 Å². The Kier molecular flexibility index (Phi) is 9.38. The normalized spacial score (nSPS) is 9.88. The Morgan fingerprint density at radius 1 is 0.515 bits per heavy atom. The number of hydrogen-bond donors (Lipinski definition) is 2. The quantitative estimate of drug-likeness (QED) is 0.268. The molecule has 7 heteroatoms. The molecular formula is C26H20Br2N2O3. The summed E-state index contributed by atoms with van der Waals surface area (Å²) in [5.74, 6) is -0.919. The predicted molar refractivity (Wildman–Crippen MR) is 136 cm³/mol. The molecule has 0 aliphatic carbocycles. The van der Waals surface area contributed by atoms with Crippen molar-refractivity contribution in [2.45, 2.75) is 0 Å². The second-order valence-electron chi connectivity index (χ2n) is 6.71. The number of carbonyl (C=O) groups is 2. The lowest BCUT2D eigenvalue weighted by Crippen LogP contribution is -2.34. The highest BCUT2D eigenvalue weighted by atomic mass is 79.9. The number of benzene rings is 4. The van der Waals surface area contributed by atoms with Crippen LogP contribution in [-0.4, -0.2) is 11.8 Å². The summed E-state index contributed by atoms with van der Waals surface area (Å²) in [4.78, 5) is 28.1. The van der Waals surface area contributed by atoms with E-state index in [0.29, 0.717) is 11.1 Å². The minimum absolute atomic E-state index is 0.413. The van der Waals surface area contributed by atoms with Crippen molar-refractivity contribution in [2.24, 2.45) is 0 Å². The van der Waals surface area contributed by atoms with Crippen LogP contribution in [-0.2, 0) is 4.94 Å². The topological polar surface area (TPSA) is 67.4 Å². The van der Waals surface area contributed by atoms with Gasteiger partial charge in [-0.3, -0.25) is 9.59 Å². The first kappa shape index (κ1) is 24.4. The second-order valence-corrected chi connectivity index (χ2v) is 8.54. The Bertz CT molecular complexity index is 1070. The Hall–Kier alpha value is -3.26. The molecule has 0 spiro atoms. The average Bonchev–Trinajstić information content (AvgIpc) is 2.86. The maximum absolute atomic E-state index is 11.7. The van der Waals surface area contributed by atoms with E-state index in [2.05, 4.69) is 91.4 Å². The highest BCUT2D eigenvalue weighted by Crippen LogP contribution is 2.17. The number of halogens is 2. The van der Waals surface area contributed by atoms with Crippen molar-refractivity contribution in [3.05, 3.63) is 129 Å². The zero-order chi connectivity index (χ0) is 23.5. The van der Waals surface area contributed by atoms with E-state index >= 15 is 0 Å². The molecule has 2 amide bonds. The molecule has 0 aliphatic rings. The van der Waals surface area contributed by atoms with Crippen LogP contribution in [0.5, 0.6) is 0 Å². The van der Waals surface area contributed by atoms with Crippen LogP contribution in [0.2, 0.25) is 0 Å². The van der Waals surface area contributed by atoms with E-state index in [9.17, 15) is 9.59 Å². The number of amides is 2. The van der Waals surface area contributed by atoms with Gasteiger partial charge in [-0.15, -0.1) is 0 Å². The van der Waals surface area contributed by atoms with Gasteiger partial charge in [-0.25, -0.2) is 11.0 Å². The molecule has 0 aliphatic heterocycles. The van der Waals surface area contributed by atoms with Crippen molar-refractivity contribution in [1.29, 1.82) is 0 Å². The molecule has 5 nitrogen and oxygen atoms in total. The smallest absolute Gasteiger partial charge is 0.267 e. The van der Waals surface area contributed by atoms with Crippen LogP contribution in [0, 0.1) is 0 Å². The Morgan fingerprint density at radius 3 is 1.18 bits per heavy atom. The van der Waals surface area contributed by atoms with Crippen LogP contribution >= 0.6 is 31.9 Å². The van der Waals surface area contributed by atoms with Gasteiger partial charge >= 0.3 is 0 Å². The molecule has 0 radical (unpaired) electrons. The molecule has 0 bridgehead atoms. The van der Waals surface area contributed by atoms with Crippen LogP contribution < -0.4 is 11.0 Å². The summed E-state index contributed by atoms with van der Waals surface area (Å²) in [7, 11) is 0. The third-order valence-electron chi connectivity index (χ3n) is 4.38. The first-order valence-corrected chi connectivity index (χ1v) is 11.5. The summed E-state index contributed by atoms with van der Waals surface area (Å²) < 4.78 is 1.73. The van der Waals surface area contributed by atoms with E-state index in [4.69, 9.17) is 4.94 Å². The summed E-state index contributed by atoms with van der Waals surface area (Å²) in [6.07, 6.45) is 0. The van der Waals surface area contributed by atoms with Crippen molar-refractivity contribution < 1.29 is 14.5 Å². The molecule has 0 atom stereocenters. The van der Waals surface area contributed by atoms with Crippen LogP contribution in [0.3, 0.4) is 0 Å². The lowest BCUT2D eigenvalue weighted by atomic mass is 10.1. The largest absolute Gasteiger partial charge is 0.276 e. The van der Waals surface area contributed by atoms with Crippen molar-refractivity contribution in [3.63, 3.8) is 0 Å². The van der Waals surface area contributed by atoms with E-state index < -0.39 is 11.8 Å². The van der Waals surface area contributed by atoms with Crippen LogP contribution in [0.1, 0.15) is 20.7 Å². The Labute approximate surface area is 209 Å². The molecule has 4 aromatic carbocycles. The maximum atomic E-state index is 11.7. The average molecular weight is 568 g/mol. The van der Waals surface area contributed by atoms with E-state index in [0.717, 1.165) is 8.95 Å². The van der Waals surface area contributed by atoms with Gasteiger partial charge in [-0.05, 0) is 59.7 Å². The Morgan fingerprint density at radius 2 is 0.848 bits per heavy atom. The van der Waals surface area contributed by atoms with Crippen LogP contribution in [0.4, 0.5) is 0 Å². The molecule has 166 valence electrons. The molecule has 0 aromatic heterocycles. The number of rotatable bonds is 5. The third kappa shape index (κ3) is 7.98. The molecule has 0 saturated carbocycles. The standard InChI is InChI=1S/C14H10Br2N2O3.C12H10/c15-11-5-1-9(2-6-11)13(19)17-21-18-14(20)10-3-7-12(16)8-4-10;1-3-7-11(8-4-1)12-9-5-2-6-10-12/h1-8H,(H,17,19)(H,18,20);1-10H. The van der Waals surface area contributed by atoms with Gasteiger partial charge in [0.05, 0.1) is 0 Å². The third-order valence-corrected chi connectivity index (χ3v) is 5.44. The monoisotopic (exact) mass is 566 g/mol. The van der Waals surface area contributed by atoms with E-state index in [1.165, 1.54) is 11.1 Å². The molecule has 2 N–H and O–H groups in total. The number of hydrogen-bond acceptors (Lipinski definition) is 3. The summed E-state index contributed by atoms with van der Waals surface area (Å²) in [6.45, 7) is 0. The SMILES string of the molecule is O=C(NONC(=O)c1ccc(Br)cc1)c1ccc(Br)cc1.c1ccc(-c2ccccc2)cc1. The summed E-state index contributed by atoms with van der Waals surface area (Å²) in [6, 6.07) is 34.2. The predicted octanol–water partition coefficient (Wildman–Crippen LogP) is 6.57. The lowest BCUT2D eigenvalue weighted by molar-refractivity contribution is -0.0184. The fraction of sp³-hybridized carbons (Fsp3) is 0. The lowest BCUT2D eigenvalue weighted by Gasteiger charge is -2.07. The van der Waals surface area contributed by atoms with Crippen molar-refractivity contribution in [1.82, 2.24) is 11.0 Å². The summed E-state index contributed by atoms with van der Waals surface area (Å²) >= 11 is 6.55. The van der Waals surface area contributed by atoms with Gasteiger partial charge in [0.15, 0.2) is 0 Å². The highest BCUT2D eigenvalue weighted by Gasteiger charge is 2.08. The molecule has 0 unspecified atom stereocenters. The summed E-state index contributed by atoms with van der Waals surface area (Å²) in [5.41, 5.74) is 7.65. The molecule has 0 fully saturated rings. The second kappa shape index (κ2) is 12.7. The zero-order valence-corrected chi connectivity index (χ0v) is 20.5. The minimum atomic E-state index is -0.460. The van der Waals surface area contributed by atoms with Crippen LogP contribution in [0.15, 0.2) is 118 Å². The number of nitrogens with one attached hydrogen (secondary N) is 2. The van der Waals surface area contributed by atoms with Gasteiger partial charge in [-0.2, -0.15) is 4.94 Å². The molecule has 0 heterocycles. The van der Waals surface area contributed by atoms with Gasteiger partial charge in [-0.1, -0.05) is 92.5 Å². The highest BCUT2D eigenvalue weighted by molar-refractivity contribution is 9.10. The zero-order valence-electron chi connectivity index (χ0n) is 17.4. The number of carbonyl (C=O) groups excluding carboxylic acids is 2. The van der Waals surface area contributed by atoms with Crippen LogP contribution in [0.25, 0.3) is 11.1 Å². The van der Waals surface area contributed by atoms with Gasteiger partial charge in [0.1, 0.15) is 0 Å². The maximum Gasteiger partial charge on any atom is 0.276 e. The van der Waals surface area contributed by atoms with Crippen molar-refractivity contribution in [3.8, 4) is 11.1 Å². The van der Waals surface area contributed by atoms with E-state index in [-0.39, 0.29) is 0 Å². The minimum Gasteiger partial charge on any atom is -0.267 e. The molecule has 0 saturated heterocycles. The first-order chi connectivity index (χ1) is 16.0. The molecule has 4 rings (SSSR count). The van der Waals surface area contributed by atoms with Gasteiger partial charge in [0.25, 0.3) is 11.8 Å². The fourth-order valence-corrected chi connectivity index (χ4v) is 3.23. The van der Waals surface area contributed by atoms with Gasteiger partial charge in [0.2, 0.25) is 0 Å².